The van der Waals surface area contributed by atoms with Crippen molar-refractivity contribution in [3.63, 3.8) is 0 Å². The first-order chi connectivity index (χ1) is 7.83. The molecule has 16 heavy (non-hydrogen) atoms. The summed E-state index contributed by atoms with van der Waals surface area (Å²) in [7, 11) is 0. The number of ether oxygens (including phenoxy) is 1. The van der Waals surface area contributed by atoms with Crippen molar-refractivity contribution in [1.29, 1.82) is 0 Å². The van der Waals surface area contributed by atoms with Crippen LogP contribution in [0.2, 0.25) is 0 Å². The van der Waals surface area contributed by atoms with Crippen LogP contribution < -0.4 is 4.74 Å². The van der Waals surface area contributed by atoms with Crippen LogP contribution in [0.25, 0.3) is 0 Å². The van der Waals surface area contributed by atoms with E-state index in [1.54, 1.807) is 0 Å². The summed E-state index contributed by atoms with van der Waals surface area (Å²) in [4.78, 5) is 0. The number of rotatable bonds is 0. The van der Waals surface area contributed by atoms with Gasteiger partial charge in [0.25, 0.3) is 0 Å². The van der Waals surface area contributed by atoms with E-state index in [1.165, 1.54) is 12.8 Å². The van der Waals surface area contributed by atoms with Crippen LogP contribution in [-0.2, 0) is 0 Å². The van der Waals surface area contributed by atoms with E-state index in [2.05, 4.69) is 5.16 Å². The zero-order valence-electron chi connectivity index (χ0n) is 9.15. The second kappa shape index (κ2) is 3.51. The monoisotopic (exact) mass is 217 g/mol. The zero-order chi connectivity index (χ0) is 11.0. The number of fused-ring (bicyclic) bond motifs is 1. The fraction of sp³-hybridized carbons (Fsp3) is 0.462. The van der Waals surface area contributed by atoms with E-state index in [-0.39, 0.29) is 5.60 Å². The van der Waals surface area contributed by atoms with Gasteiger partial charge in [-0.25, -0.2) is 0 Å². The SMILES string of the molecule is O/N=C1/CC2(CCCC2)Oc2ccccc21. The number of oxime groups is 1. The molecule has 1 heterocycles. The highest BCUT2D eigenvalue weighted by molar-refractivity contribution is 6.04. The average molecular weight is 217 g/mol. The van der Waals surface area contributed by atoms with E-state index in [9.17, 15) is 0 Å². The molecule has 0 radical (unpaired) electrons. The molecule has 0 amide bonds. The van der Waals surface area contributed by atoms with Crippen LogP contribution in [0.5, 0.6) is 5.75 Å². The van der Waals surface area contributed by atoms with E-state index in [0.717, 1.165) is 36.3 Å². The molecule has 1 saturated carbocycles. The topological polar surface area (TPSA) is 41.8 Å². The fourth-order valence-electron chi connectivity index (χ4n) is 2.85. The van der Waals surface area contributed by atoms with Gasteiger partial charge in [-0.3, -0.25) is 0 Å². The summed E-state index contributed by atoms with van der Waals surface area (Å²) in [6.45, 7) is 0. The molecule has 3 heteroatoms. The standard InChI is InChI=1S/C13H15NO2/c15-14-11-9-13(7-3-4-8-13)16-12-6-2-1-5-10(11)12/h1-2,5-6,15H,3-4,7-9H2/b14-11-. The van der Waals surface area contributed by atoms with E-state index >= 15 is 0 Å². The molecular weight excluding hydrogens is 202 g/mol. The lowest BCUT2D eigenvalue weighted by molar-refractivity contribution is 0.0768. The maximum atomic E-state index is 9.11. The van der Waals surface area contributed by atoms with Crippen LogP contribution in [0.3, 0.4) is 0 Å². The Morgan fingerprint density at radius 2 is 1.94 bits per heavy atom. The van der Waals surface area contributed by atoms with Crippen molar-refractivity contribution >= 4 is 5.71 Å². The lowest BCUT2D eigenvalue weighted by atomic mass is 9.88. The van der Waals surface area contributed by atoms with Crippen molar-refractivity contribution in [2.45, 2.75) is 37.7 Å². The van der Waals surface area contributed by atoms with Crippen molar-refractivity contribution in [3.8, 4) is 5.75 Å². The van der Waals surface area contributed by atoms with Crippen molar-refractivity contribution in [3.05, 3.63) is 29.8 Å². The molecule has 1 aliphatic carbocycles. The Kier molecular flexibility index (Phi) is 2.13. The normalized spacial score (nSPS) is 24.4. The van der Waals surface area contributed by atoms with Gasteiger partial charge in [0.15, 0.2) is 0 Å². The third kappa shape index (κ3) is 1.39. The maximum Gasteiger partial charge on any atom is 0.129 e. The van der Waals surface area contributed by atoms with Crippen LogP contribution in [-0.4, -0.2) is 16.5 Å². The van der Waals surface area contributed by atoms with Crippen molar-refractivity contribution < 1.29 is 9.94 Å². The van der Waals surface area contributed by atoms with Gasteiger partial charge in [0.2, 0.25) is 0 Å². The van der Waals surface area contributed by atoms with Gasteiger partial charge in [-0.15, -0.1) is 0 Å². The Bertz CT molecular complexity index is 433. The Labute approximate surface area is 94.7 Å². The minimum absolute atomic E-state index is 0.101. The minimum atomic E-state index is -0.101. The minimum Gasteiger partial charge on any atom is -0.486 e. The molecule has 84 valence electrons. The predicted molar refractivity (Wildman–Crippen MR) is 61.2 cm³/mol. The number of benzene rings is 1. The molecule has 3 nitrogen and oxygen atoms in total. The quantitative estimate of drug-likeness (QED) is 0.536. The van der Waals surface area contributed by atoms with Gasteiger partial charge in [-0.1, -0.05) is 17.3 Å². The van der Waals surface area contributed by atoms with Crippen LogP contribution in [0.1, 0.15) is 37.7 Å². The molecule has 0 atom stereocenters. The van der Waals surface area contributed by atoms with E-state index in [4.69, 9.17) is 9.94 Å². The Morgan fingerprint density at radius 1 is 1.19 bits per heavy atom. The number of hydrogen-bond acceptors (Lipinski definition) is 3. The Balaban J connectivity index is 2.05. The second-order valence-electron chi connectivity index (χ2n) is 4.71. The summed E-state index contributed by atoms with van der Waals surface area (Å²) in [6, 6.07) is 7.81. The van der Waals surface area contributed by atoms with Crippen LogP contribution in [0.4, 0.5) is 0 Å². The van der Waals surface area contributed by atoms with Crippen LogP contribution in [0.15, 0.2) is 29.4 Å². The summed E-state index contributed by atoms with van der Waals surface area (Å²) in [5.74, 6) is 0.864. The Hall–Kier alpha value is -1.51. The van der Waals surface area contributed by atoms with Crippen molar-refractivity contribution in [2.75, 3.05) is 0 Å². The van der Waals surface area contributed by atoms with Crippen LogP contribution in [0, 0.1) is 0 Å². The molecule has 0 bridgehead atoms. The van der Waals surface area contributed by atoms with Crippen molar-refractivity contribution in [2.24, 2.45) is 5.16 Å². The van der Waals surface area contributed by atoms with E-state index in [0.29, 0.717) is 0 Å². The molecule has 0 saturated heterocycles. The Morgan fingerprint density at radius 3 is 2.69 bits per heavy atom. The lowest BCUT2D eigenvalue weighted by Crippen LogP contribution is -2.39. The number of hydrogen-bond donors (Lipinski definition) is 1. The summed E-state index contributed by atoms with van der Waals surface area (Å²) in [5, 5.41) is 12.6. The highest BCUT2D eigenvalue weighted by Gasteiger charge is 2.41. The molecule has 3 rings (SSSR count). The molecule has 1 fully saturated rings. The highest BCUT2D eigenvalue weighted by atomic mass is 16.5. The maximum absolute atomic E-state index is 9.11. The highest BCUT2D eigenvalue weighted by Crippen LogP contribution is 2.42. The van der Waals surface area contributed by atoms with Gasteiger partial charge in [0.05, 0.1) is 5.71 Å². The predicted octanol–water partition coefficient (Wildman–Crippen LogP) is 2.96. The van der Waals surface area contributed by atoms with Crippen molar-refractivity contribution in [1.82, 2.24) is 0 Å². The second-order valence-corrected chi connectivity index (χ2v) is 4.71. The first kappa shape index (κ1) is 9.70. The van der Waals surface area contributed by atoms with Crippen LogP contribution >= 0.6 is 0 Å². The molecule has 2 aliphatic rings. The molecule has 1 spiro atoms. The average Bonchev–Trinajstić information content (AvgIpc) is 2.76. The number of nitrogens with zero attached hydrogens (tertiary/aromatic N) is 1. The molecule has 0 unspecified atom stereocenters. The summed E-state index contributed by atoms with van der Waals surface area (Å²) < 4.78 is 6.12. The van der Waals surface area contributed by atoms with Gasteiger partial charge in [0, 0.05) is 12.0 Å². The van der Waals surface area contributed by atoms with E-state index < -0.39 is 0 Å². The summed E-state index contributed by atoms with van der Waals surface area (Å²) >= 11 is 0. The lowest BCUT2D eigenvalue weighted by Gasteiger charge is -2.35. The summed E-state index contributed by atoms with van der Waals surface area (Å²) in [6.07, 6.45) is 5.29. The first-order valence-electron chi connectivity index (χ1n) is 5.82. The van der Waals surface area contributed by atoms with E-state index in [1.807, 2.05) is 24.3 Å². The zero-order valence-corrected chi connectivity index (χ0v) is 9.15. The van der Waals surface area contributed by atoms with Gasteiger partial charge >= 0.3 is 0 Å². The smallest absolute Gasteiger partial charge is 0.129 e. The molecule has 1 aromatic rings. The molecular formula is C13H15NO2. The third-order valence-corrected chi connectivity index (χ3v) is 3.65. The molecule has 0 aromatic heterocycles. The molecule has 1 N–H and O–H groups in total. The first-order valence-corrected chi connectivity index (χ1v) is 5.82. The van der Waals surface area contributed by atoms with Gasteiger partial charge in [-0.2, -0.15) is 0 Å². The fourth-order valence-corrected chi connectivity index (χ4v) is 2.85. The third-order valence-electron chi connectivity index (χ3n) is 3.65. The van der Waals surface area contributed by atoms with Gasteiger partial charge in [-0.05, 0) is 37.8 Å². The molecule has 1 aromatic carbocycles. The molecule has 1 aliphatic heterocycles. The largest absolute Gasteiger partial charge is 0.486 e. The number of para-hydroxylation sites is 1. The van der Waals surface area contributed by atoms with Gasteiger partial charge in [0.1, 0.15) is 11.4 Å². The summed E-state index contributed by atoms with van der Waals surface area (Å²) in [5.41, 5.74) is 1.60. The van der Waals surface area contributed by atoms with Gasteiger partial charge < -0.3 is 9.94 Å².